The van der Waals surface area contributed by atoms with Crippen molar-refractivity contribution in [3.8, 4) is 34.5 Å². The summed E-state index contributed by atoms with van der Waals surface area (Å²) >= 11 is 0. The Morgan fingerprint density at radius 1 is 0.618 bits per heavy atom. The van der Waals surface area contributed by atoms with E-state index in [9.17, 15) is 8.42 Å². The van der Waals surface area contributed by atoms with E-state index in [4.69, 9.17) is 46.8 Å². The largest absolute Gasteiger partial charge is 0.493 e. The van der Waals surface area contributed by atoms with Gasteiger partial charge in [0.2, 0.25) is 0 Å². The van der Waals surface area contributed by atoms with Gasteiger partial charge in [0.05, 0.1) is 52.0 Å². The molecule has 1 fully saturated rings. The van der Waals surface area contributed by atoms with Gasteiger partial charge in [0, 0.05) is 29.7 Å². The second-order valence-corrected chi connectivity index (χ2v) is 17.9. The standard InChI is InChI=1S/C55H56O12S/c1-5-27-60-45-32-48(61-28-6-2)50(51-43(45)29-42-30-47(67-68(4,56)57)46(58-3)31-44(42)65-51)53-55(64-36-41-25-17-10-18-26-41)54(63-35-40-23-15-9-16-24-40)52(62-34-39-21-13-8-14-22-39)49(66-53)37-59-33-38-19-11-7-12-20-38/h5-26,30-32,49,52-55H,1-2,27-29,33-37H2,3-4H3/t49-,52-,53+,54+,55+/m1/s1. The Balaban J connectivity index is 1.30. The number of rotatable bonds is 23. The third kappa shape index (κ3) is 12.2. The second kappa shape index (κ2) is 23.0. The number of hydrogen-bond acceptors (Lipinski definition) is 12. The smallest absolute Gasteiger partial charge is 0.306 e. The fourth-order valence-corrected chi connectivity index (χ4v) is 8.75. The maximum absolute atomic E-state index is 12.4. The van der Waals surface area contributed by atoms with Crippen LogP contribution in [0, 0.1) is 0 Å². The minimum absolute atomic E-state index is 0.0174. The molecular formula is C55H56O12S. The van der Waals surface area contributed by atoms with Crippen molar-refractivity contribution in [2.45, 2.75) is 63.4 Å². The first-order chi connectivity index (χ1) is 33.2. The van der Waals surface area contributed by atoms with Crippen molar-refractivity contribution in [2.24, 2.45) is 0 Å². The molecule has 2 heterocycles. The van der Waals surface area contributed by atoms with Gasteiger partial charge in [-0.2, -0.15) is 8.42 Å². The van der Waals surface area contributed by atoms with Crippen molar-refractivity contribution in [1.82, 2.24) is 0 Å². The molecule has 5 atom stereocenters. The van der Waals surface area contributed by atoms with Gasteiger partial charge in [0.25, 0.3) is 0 Å². The molecule has 354 valence electrons. The molecule has 0 bridgehead atoms. The van der Waals surface area contributed by atoms with Gasteiger partial charge in [-0.05, 0) is 28.3 Å². The lowest BCUT2D eigenvalue weighted by Crippen LogP contribution is -2.58. The molecule has 0 unspecified atom stereocenters. The predicted molar refractivity (Wildman–Crippen MR) is 258 cm³/mol. The zero-order valence-electron chi connectivity index (χ0n) is 38.2. The van der Waals surface area contributed by atoms with Crippen LogP contribution in [-0.4, -0.2) is 66.0 Å². The van der Waals surface area contributed by atoms with Gasteiger partial charge in [-0.25, -0.2) is 0 Å². The molecule has 0 spiro atoms. The van der Waals surface area contributed by atoms with Crippen molar-refractivity contribution >= 4 is 10.1 Å². The number of hydrogen-bond donors (Lipinski definition) is 0. The van der Waals surface area contributed by atoms with Gasteiger partial charge >= 0.3 is 10.1 Å². The molecule has 0 aliphatic carbocycles. The molecule has 1 saturated heterocycles. The third-order valence-corrected chi connectivity index (χ3v) is 11.9. The molecule has 0 saturated carbocycles. The van der Waals surface area contributed by atoms with Gasteiger partial charge in [-0.15, -0.1) is 0 Å². The van der Waals surface area contributed by atoms with Gasteiger partial charge < -0.3 is 46.8 Å². The average Bonchev–Trinajstić information content (AvgIpc) is 3.35. The van der Waals surface area contributed by atoms with Crippen LogP contribution in [-0.2, 0) is 66.7 Å². The van der Waals surface area contributed by atoms with E-state index in [0.717, 1.165) is 28.5 Å². The summed E-state index contributed by atoms with van der Waals surface area (Å²) in [6.07, 6.45) is 0.506. The maximum atomic E-state index is 12.4. The Morgan fingerprint density at radius 2 is 1.13 bits per heavy atom. The van der Waals surface area contributed by atoms with Crippen LogP contribution in [0.3, 0.4) is 0 Å². The van der Waals surface area contributed by atoms with Crippen molar-refractivity contribution in [3.05, 3.63) is 204 Å². The van der Waals surface area contributed by atoms with Crippen molar-refractivity contribution in [2.75, 3.05) is 33.2 Å². The van der Waals surface area contributed by atoms with Crippen LogP contribution in [0.2, 0.25) is 0 Å². The second-order valence-electron chi connectivity index (χ2n) is 16.4. The fraction of sp³-hybridized carbons (Fsp3) is 0.273. The highest BCUT2D eigenvalue weighted by atomic mass is 32.2. The average molecular weight is 941 g/mol. The van der Waals surface area contributed by atoms with Gasteiger partial charge in [-0.3, -0.25) is 0 Å². The summed E-state index contributed by atoms with van der Waals surface area (Å²) in [6, 6.07) is 44.8. The lowest BCUT2D eigenvalue weighted by molar-refractivity contribution is -0.275. The molecular weight excluding hydrogens is 885 g/mol. The van der Waals surface area contributed by atoms with E-state index in [2.05, 4.69) is 13.2 Å². The minimum atomic E-state index is -3.91. The van der Waals surface area contributed by atoms with E-state index >= 15 is 0 Å². The molecule has 2 aliphatic rings. The van der Waals surface area contributed by atoms with Crippen LogP contribution >= 0.6 is 0 Å². The molecule has 8 rings (SSSR count). The topological polar surface area (TPSA) is 126 Å². The van der Waals surface area contributed by atoms with Crippen LogP contribution in [0.4, 0.5) is 0 Å². The van der Waals surface area contributed by atoms with E-state index in [1.54, 1.807) is 24.3 Å². The first kappa shape index (κ1) is 48.0. The molecule has 68 heavy (non-hydrogen) atoms. The highest BCUT2D eigenvalue weighted by Gasteiger charge is 2.51. The number of ether oxygens (including phenoxy) is 9. The third-order valence-electron chi connectivity index (χ3n) is 11.4. The molecule has 12 nitrogen and oxygen atoms in total. The molecule has 0 N–H and O–H groups in total. The normalized spacial score (nSPS) is 18.6. The highest BCUT2D eigenvalue weighted by molar-refractivity contribution is 7.86. The van der Waals surface area contributed by atoms with Crippen LogP contribution < -0.4 is 23.1 Å². The molecule has 6 aromatic rings. The zero-order chi connectivity index (χ0) is 47.3. The Kier molecular flexibility index (Phi) is 16.3. The van der Waals surface area contributed by atoms with E-state index in [1.165, 1.54) is 7.11 Å². The Labute approximate surface area is 398 Å². The number of methoxy groups -OCH3 is 1. The summed E-state index contributed by atoms with van der Waals surface area (Å²) in [6.45, 7) is 9.28. The molecule has 13 heteroatoms. The van der Waals surface area contributed by atoms with E-state index in [0.29, 0.717) is 46.3 Å². The maximum Gasteiger partial charge on any atom is 0.306 e. The quantitative estimate of drug-likeness (QED) is 0.0448. The summed E-state index contributed by atoms with van der Waals surface area (Å²) in [5.41, 5.74) is 5.65. The summed E-state index contributed by atoms with van der Waals surface area (Å²) in [5, 5.41) is 0. The van der Waals surface area contributed by atoms with Gasteiger partial charge in [-0.1, -0.05) is 147 Å². The van der Waals surface area contributed by atoms with Crippen molar-refractivity contribution < 1.29 is 55.2 Å². The minimum Gasteiger partial charge on any atom is -0.493 e. The summed E-state index contributed by atoms with van der Waals surface area (Å²) in [7, 11) is -2.48. The van der Waals surface area contributed by atoms with Crippen LogP contribution in [0.5, 0.6) is 34.5 Å². The first-order valence-electron chi connectivity index (χ1n) is 22.4. The van der Waals surface area contributed by atoms with Crippen molar-refractivity contribution in [3.63, 3.8) is 0 Å². The van der Waals surface area contributed by atoms with E-state index in [-0.39, 0.29) is 57.6 Å². The predicted octanol–water partition coefficient (Wildman–Crippen LogP) is 10.3. The fourth-order valence-electron chi connectivity index (χ4n) is 8.30. The highest BCUT2D eigenvalue weighted by Crippen LogP contribution is 2.54. The van der Waals surface area contributed by atoms with Gasteiger partial charge in [0.1, 0.15) is 66.7 Å². The molecule has 0 aromatic heterocycles. The van der Waals surface area contributed by atoms with Crippen molar-refractivity contribution in [1.29, 1.82) is 0 Å². The first-order valence-corrected chi connectivity index (χ1v) is 24.2. The summed E-state index contributed by atoms with van der Waals surface area (Å²) in [5.74, 6) is 1.81. The molecule has 6 aromatic carbocycles. The van der Waals surface area contributed by atoms with Crippen LogP contribution in [0.25, 0.3) is 0 Å². The Bertz CT molecular complexity index is 2700. The van der Waals surface area contributed by atoms with E-state index in [1.807, 2.05) is 127 Å². The van der Waals surface area contributed by atoms with Crippen LogP contribution in [0.1, 0.15) is 45.0 Å². The Hall–Kier alpha value is -6.45. The number of fused-ring (bicyclic) bond motifs is 2. The lowest BCUT2D eigenvalue weighted by Gasteiger charge is -2.47. The summed E-state index contributed by atoms with van der Waals surface area (Å²) in [4.78, 5) is 0. The molecule has 0 amide bonds. The Morgan fingerprint density at radius 3 is 1.66 bits per heavy atom. The van der Waals surface area contributed by atoms with Gasteiger partial charge in [0.15, 0.2) is 11.5 Å². The lowest BCUT2D eigenvalue weighted by atomic mass is 9.86. The summed E-state index contributed by atoms with van der Waals surface area (Å²) < 4.78 is 90.7. The monoisotopic (exact) mass is 940 g/mol. The molecule has 2 aliphatic heterocycles. The number of benzene rings is 6. The molecule has 0 radical (unpaired) electrons. The van der Waals surface area contributed by atoms with E-state index < -0.39 is 40.6 Å². The SMILES string of the molecule is C=CCOc1cc(OCC=C)c([C@@H]2O[C@H](COCc3ccccc3)[C@@H](OCc3ccccc3)[C@H](OCc3ccccc3)[C@H]2OCc2ccccc2)c2c1Cc1cc(OS(C)(=O)=O)c(OC)cc1O2. The van der Waals surface area contributed by atoms with Crippen LogP contribution in [0.15, 0.2) is 165 Å². The zero-order valence-corrected chi connectivity index (χ0v) is 39.0.